The number of ether oxygens (including phenoxy) is 2. The summed E-state index contributed by atoms with van der Waals surface area (Å²) in [4.78, 5) is 0. The summed E-state index contributed by atoms with van der Waals surface area (Å²) < 4.78 is 10.5. The van der Waals surface area contributed by atoms with Gasteiger partial charge in [0.1, 0.15) is 0 Å². The predicted octanol–water partition coefficient (Wildman–Crippen LogP) is -3.55. The van der Waals surface area contributed by atoms with Crippen LogP contribution < -0.4 is 44.9 Å². The summed E-state index contributed by atoms with van der Waals surface area (Å²) in [5, 5.41) is 7.48. The van der Waals surface area contributed by atoms with Crippen molar-refractivity contribution >= 4 is 11.6 Å². The van der Waals surface area contributed by atoms with Gasteiger partial charge in [0.2, 0.25) is 0 Å². The van der Waals surface area contributed by atoms with Crippen molar-refractivity contribution in [3.8, 4) is 11.5 Å². The third-order valence-corrected chi connectivity index (χ3v) is 3.99. The monoisotopic (exact) mass is 368 g/mol. The first-order chi connectivity index (χ1) is 9.74. The summed E-state index contributed by atoms with van der Waals surface area (Å²) >= 11 is 6.20. The van der Waals surface area contributed by atoms with Gasteiger partial charge in [0.15, 0.2) is 11.5 Å². The van der Waals surface area contributed by atoms with Gasteiger partial charge in [0.25, 0.3) is 0 Å². The fourth-order valence-electron chi connectivity index (χ4n) is 2.58. The van der Waals surface area contributed by atoms with E-state index < -0.39 is 0 Å². The van der Waals surface area contributed by atoms with Crippen molar-refractivity contribution < 1.29 is 34.3 Å². The molecule has 1 aliphatic heterocycles. The first-order valence-electron chi connectivity index (χ1n) is 7.06. The highest BCUT2D eigenvalue weighted by Crippen LogP contribution is 2.35. The fraction of sp³-hybridized carbons (Fsp3) is 0.600. The molecule has 7 heteroatoms. The quantitative estimate of drug-likeness (QED) is 0.545. The van der Waals surface area contributed by atoms with Crippen LogP contribution in [0.3, 0.4) is 0 Å². The molecule has 22 heavy (non-hydrogen) atoms. The second-order valence-corrected chi connectivity index (χ2v) is 5.54. The minimum Gasteiger partial charge on any atom is -1.00 e. The Bertz CT molecular complexity index is 441. The Hall–Kier alpha value is -0.390. The van der Waals surface area contributed by atoms with Gasteiger partial charge in [-0.15, -0.1) is 0 Å². The molecule has 1 saturated heterocycles. The molecule has 0 spiro atoms. The minimum atomic E-state index is 0. The van der Waals surface area contributed by atoms with Crippen LogP contribution in [0.1, 0.15) is 18.4 Å². The molecule has 0 aromatic heterocycles. The molecule has 0 atom stereocenters. The minimum absolute atomic E-state index is 0. The van der Waals surface area contributed by atoms with E-state index in [0.29, 0.717) is 16.5 Å². The summed E-state index contributed by atoms with van der Waals surface area (Å²) in [6.07, 6.45) is 2.50. The number of methoxy groups -OCH3 is 2. The lowest BCUT2D eigenvalue weighted by molar-refractivity contribution is -0.00100. The lowest BCUT2D eigenvalue weighted by atomic mass is 9.98. The molecule has 2 N–H and O–H groups in total. The zero-order valence-electron chi connectivity index (χ0n) is 12.9. The predicted molar refractivity (Wildman–Crippen MR) is 81.9 cm³/mol. The molecule has 0 aliphatic carbocycles. The maximum atomic E-state index is 6.20. The Balaban J connectivity index is 0.00000220. The molecule has 1 aromatic carbocycles. The van der Waals surface area contributed by atoms with Crippen LogP contribution in [-0.2, 0) is 6.54 Å². The van der Waals surface area contributed by atoms with Crippen LogP contribution >= 0.6 is 11.6 Å². The highest BCUT2D eigenvalue weighted by Gasteiger charge is 2.13. The van der Waals surface area contributed by atoms with Crippen molar-refractivity contribution in [3.05, 3.63) is 22.7 Å². The van der Waals surface area contributed by atoms with E-state index in [4.69, 9.17) is 21.1 Å². The standard InChI is InChI=1S/C15H23ClN2O2.2ClH/c1-19-14-8-12(7-13(16)15(14)20-2)10-18-9-11-3-5-17-6-4-11;;/h7-8,11,17-18H,3-6,9-10H2,1-2H3;2*1H/p-2. The summed E-state index contributed by atoms with van der Waals surface area (Å²) in [6, 6.07) is 3.90. The highest BCUT2D eigenvalue weighted by molar-refractivity contribution is 6.32. The molecule has 2 rings (SSSR count). The molecular formula is C15H23Cl3N2O2-2. The maximum absolute atomic E-state index is 6.20. The van der Waals surface area contributed by atoms with E-state index in [1.165, 1.54) is 12.8 Å². The molecule has 0 unspecified atom stereocenters. The van der Waals surface area contributed by atoms with Crippen LogP contribution in [0.5, 0.6) is 11.5 Å². The Morgan fingerprint density at radius 1 is 1.18 bits per heavy atom. The van der Waals surface area contributed by atoms with Crippen molar-refractivity contribution in [1.29, 1.82) is 0 Å². The zero-order valence-corrected chi connectivity index (χ0v) is 15.2. The number of piperidine rings is 1. The highest BCUT2D eigenvalue weighted by atomic mass is 35.5. The third-order valence-electron chi connectivity index (χ3n) is 3.71. The number of nitrogens with one attached hydrogen (secondary N) is 2. The Kier molecular flexibility index (Phi) is 11.0. The number of hydrogen-bond donors (Lipinski definition) is 2. The third kappa shape index (κ3) is 6.01. The van der Waals surface area contributed by atoms with Gasteiger partial charge >= 0.3 is 0 Å². The van der Waals surface area contributed by atoms with Gasteiger partial charge < -0.3 is 44.9 Å². The van der Waals surface area contributed by atoms with E-state index in [0.717, 1.165) is 37.7 Å². The Morgan fingerprint density at radius 3 is 2.45 bits per heavy atom. The van der Waals surface area contributed by atoms with Gasteiger partial charge in [-0.2, -0.15) is 0 Å². The van der Waals surface area contributed by atoms with Crippen LogP contribution in [0.15, 0.2) is 12.1 Å². The largest absolute Gasteiger partial charge is 1.00 e. The molecule has 0 amide bonds. The van der Waals surface area contributed by atoms with E-state index in [2.05, 4.69) is 10.6 Å². The first-order valence-corrected chi connectivity index (χ1v) is 7.44. The summed E-state index contributed by atoms with van der Waals surface area (Å²) in [5.74, 6) is 2.04. The average Bonchev–Trinajstić information content (AvgIpc) is 2.47. The number of rotatable bonds is 6. The second kappa shape index (κ2) is 11.2. The fourth-order valence-corrected chi connectivity index (χ4v) is 2.89. The molecular weight excluding hydrogens is 347 g/mol. The van der Waals surface area contributed by atoms with Crippen LogP contribution in [-0.4, -0.2) is 33.9 Å². The van der Waals surface area contributed by atoms with Gasteiger partial charge in [0, 0.05) is 6.54 Å². The molecule has 1 fully saturated rings. The van der Waals surface area contributed by atoms with Crippen molar-refractivity contribution in [3.63, 3.8) is 0 Å². The summed E-state index contributed by atoms with van der Waals surface area (Å²) in [6.45, 7) is 4.11. The molecule has 128 valence electrons. The van der Waals surface area contributed by atoms with Gasteiger partial charge in [-0.1, -0.05) is 11.6 Å². The number of halogens is 3. The molecule has 1 heterocycles. The first kappa shape index (κ1) is 21.6. The average molecular weight is 370 g/mol. The summed E-state index contributed by atoms with van der Waals surface area (Å²) in [5.41, 5.74) is 1.11. The van der Waals surface area contributed by atoms with Gasteiger partial charge in [-0.25, -0.2) is 0 Å². The van der Waals surface area contributed by atoms with E-state index in [9.17, 15) is 0 Å². The molecule has 0 saturated carbocycles. The number of hydrogen-bond acceptors (Lipinski definition) is 4. The lowest BCUT2D eigenvalue weighted by Crippen LogP contribution is -3.00. The molecule has 1 aromatic rings. The Morgan fingerprint density at radius 2 is 1.86 bits per heavy atom. The van der Waals surface area contributed by atoms with Gasteiger partial charge in [-0.05, 0) is 56.1 Å². The van der Waals surface area contributed by atoms with Crippen LogP contribution in [0.4, 0.5) is 0 Å². The van der Waals surface area contributed by atoms with Crippen LogP contribution in [0, 0.1) is 5.92 Å². The molecule has 1 aliphatic rings. The van der Waals surface area contributed by atoms with E-state index in [-0.39, 0.29) is 24.8 Å². The normalized spacial score (nSPS) is 14.7. The SMILES string of the molecule is COc1cc(CNCC2CCNCC2)cc(Cl)c1OC.[Cl-].[Cl-]. The lowest BCUT2D eigenvalue weighted by Gasteiger charge is -2.23. The van der Waals surface area contributed by atoms with E-state index >= 15 is 0 Å². The Labute approximate surface area is 150 Å². The zero-order chi connectivity index (χ0) is 14.4. The maximum Gasteiger partial charge on any atom is 0.179 e. The van der Waals surface area contributed by atoms with Crippen molar-refractivity contribution in [1.82, 2.24) is 10.6 Å². The van der Waals surface area contributed by atoms with Crippen LogP contribution in [0.2, 0.25) is 5.02 Å². The topological polar surface area (TPSA) is 42.5 Å². The van der Waals surface area contributed by atoms with Crippen LogP contribution in [0.25, 0.3) is 0 Å². The molecule has 0 bridgehead atoms. The smallest absolute Gasteiger partial charge is 0.179 e. The van der Waals surface area contributed by atoms with Gasteiger partial charge in [-0.3, -0.25) is 0 Å². The molecule has 0 radical (unpaired) electrons. The molecule has 4 nitrogen and oxygen atoms in total. The van der Waals surface area contributed by atoms with Gasteiger partial charge in [0.05, 0.1) is 19.2 Å². The number of benzene rings is 1. The van der Waals surface area contributed by atoms with Crippen molar-refractivity contribution in [2.24, 2.45) is 5.92 Å². The summed E-state index contributed by atoms with van der Waals surface area (Å²) in [7, 11) is 3.22. The second-order valence-electron chi connectivity index (χ2n) is 5.14. The van der Waals surface area contributed by atoms with Crippen molar-refractivity contribution in [2.75, 3.05) is 33.9 Å². The van der Waals surface area contributed by atoms with Crippen molar-refractivity contribution in [2.45, 2.75) is 19.4 Å². The van der Waals surface area contributed by atoms with E-state index in [1.54, 1.807) is 14.2 Å². The van der Waals surface area contributed by atoms with E-state index in [1.807, 2.05) is 12.1 Å².